The lowest BCUT2D eigenvalue weighted by molar-refractivity contribution is -0.491. The summed E-state index contributed by atoms with van der Waals surface area (Å²) < 4.78 is 0. The van der Waals surface area contributed by atoms with Gasteiger partial charge in [-0.05, 0) is 19.1 Å². The molecule has 0 amide bonds. The molecule has 8 heteroatoms. The Labute approximate surface area is 155 Å². The van der Waals surface area contributed by atoms with E-state index in [2.05, 4.69) is 46.5 Å². The van der Waals surface area contributed by atoms with Crippen molar-refractivity contribution in [3.8, 4) is 0 Å². The van der Waals surface area contributed by atoms with Crippen LogP contribution in [0.25, 0.3) is 5.57 Å². The third-order valence-electron chi connectivity index (χ3n) is 4.90. The number of nitrogens with two attached hydrogens (primary N) is 2. The van der Waals surface area contributed by atoms with E-state index >= 15 is 0 Å². The highest BCUT2D eigenvalue weighted by atomic mass is 32.2. The maximum atomic E-state index is 10.6. The summed E-state index contributed by atoms with van der Waals surface area (Å²) in [5.41, 5.74) is 9.43. The van der Waals surface area contributed by atoms with Gasteiger partial charge < -0.3 is 21.3 Å². The van der Waals surface area contributed by atoms with E-state index in [0.717, 1.165) is 16.2 Å². The van der Waals surface area contributed by atoms with Crippen molar-refractivity contribution in [1.82, 2.24) is 15.3 Å². The number of thioether (sulfide) groups is 1. The number of benzene rings is 1. The quantitative estimate of drug-likeness (QED) is 0.470. The molecule has 1 unspecified atom stereocenters. The van der Waals surface area contributed by atoms with Gasteiger partial charge in [0, 0.05) is 16.7 Å². The number of hydrogen-bond acceptors (Lipinski definition) is 7. The smallest absolute Gasteiger partial charge is 0.203 e. The van der Waals surface area contributed by atoms with E-state index in [1.807, 2.05) is 11.5 Å². The third-order valence-corrected chi connectivity index (χ3v) is 6.03. The lowest BCUT2D eigenvalue weighted by atomic mass is 10.00. The SMILES string of the molecule is Cc1ccc(SC[C@H]2N[C@@H](C3=C[NH2+]c4c(N)ncnc43)[C@@H](O)C2O)cc1. The van der Waals surface area contributed by atoms with Crippen molar-refractivity contribution >= 4 is 28.8 Å². The van der Waals surface area contributed by atoms with Crippen LogP contribution in [0, 0.1) is 6.92 Å². The van der Waals surface area contributed by atoms with Gasteiger partial charge >= 0.3 is 0 Å². The van der Waals surface area contributed by atoms with Crippen LogP contribution in [0.1, 0.15) is 11.3 Å². The lowest BCUT2D eigenvalue weighted by Crippen LogP contribution is -2.70. The largest absolute Gasteiger partial charge is 0.389 e. The highest BCUT2D eigenvalue weighted by Gasteiger charge is 2.45. The Morgan fingerprint density at radius 2 is 1.96 bits per heavy atom. The molecule has 2 aliphatic rings. The van der Waals surface area contributed by atoms with Crippen molar-refractivity contribution in [1.29, 1.82) is 0 Å². The predicted molar refractivity (Wildman–Crippen MR) is 101 cm³/mol. The van der Waals surface area contributed by atoms with E-state index in [4.69, 9.17) is 5.73 Å². The van der Waals surface area contributed by atoms with Crippen LogP contribution in [-0.2, 0) is 0 Å². The lowest BCUT2D eigenvalue weighted by Gasteiger charge is -2.15. The number of nitrogen functional groups attached to an aromatic ring is 1. The average molecular weight is 372 g/mol. The van der Waals surface area contributed by atoms with Gasteiger partial charge in [0.15, 0.2) is 5.82 Å². The minimum absolute atomic E-state index is 0.217. The fourth-order valence-electron chi connectivity index (χ4n) is 3.41. The minimum atomic E-state index is -0.902. The maximum Gasteiger partial charge on any atom is 0.203 e. The Morgan fingerprint density at radius 3 is 2.73 bits per heavy atom. The summed E-state index contributed by atoms with van der Waals surface area (Å²) in [5, 5.41) is 26.3. The normalized spacial score (nSPS) is 27.4. The third kappa shape index (κ3) is 3.10. The Balaban J connectivity index is 1.47. The first-order chi connectivity index (χ1) is 12.5. The molecule has 7 N–H and O–H groups in total. The zero-order valence-electron chi connectivity index (χ0n) is 14.3. The van der Waals surface area contributed by atoms with Gasteiger partial charge in [-0.2, -0.15) is 0 Å². The Kier molecular flexibility index (Phi) is 4.68. The fraction of sp³-hybridized carbons (Fsp3) is 0.333. The molecule has 0 aliphatic carbocycles. The number of aliphatic hydroxyl groups excluding tert-OH is 2. The van der Waals surface area contributed by atoms with Crippen LogP contribution in [-0.4, -0.2) is 50.2 Å². The second kappa shape index (κ2) is 6.98. The van der Waals surface area contributed by atoms with Crippen molar-refractivity contribution in [2.75, 3.05) is 11.5 Å². The van der Waals surface area contributed by atoms with Crippen LogP contribution < -0.4 is 16.4 Å². The Hall–Kier alpha value is -1.97. The molecule has 0 saturated carbocycles. The van der Waals surface area contributed by atoms with Crippen LogP contribution in [0.2, 0.25) is 0 Å². The van der Waals surface area contributed by atoms with Crippen molar-refractivity contribution in [3.63, 3.8) is 0 Å². The number of rotatable bonds is 4. The molecule has 26 heavy (non-hydrogen) atoms. The molecule has 1 fully saturated rings. The second-order valence-corrected chi connectivity index (χ2v) is 7.76. The van der Waals surface area contributed by atoms with Gasteiger partial charge in [0.05, 0.1) is 17.7 Å². The number of fused-ring (bicyclic) bond motifs is 1. The fourth-order valence-corrected chi connectivity index (χ4v) is 4.40. The minimum Gasteiger partial charge on any atom is -0.389 e. The highest BCUT2D eigenvalue weighted by molar-refractivity contribution is 7.99. The van der Waals surface area contributed by atoms with Crippen LogP contribution >= 0.6 is 11.8 Å². The zero-order chi connectivity index (χ0) is 18.3. The number of nitrogens with one attached hydrogen (secondary N) is 1. The topological polar surface area (TPSA) is 121 Å². The molecular formula is C18H22N5O2S+. The molecule has 0 radical (unpaired) electrons. The molecule has 0 spiro atoms. The van der Waals surface area contributed by atoms with Crippen molar-refractivity contribution in [2.45, 2.75) is 36.1 Å². The molecule has 7 nitrogen and oxygen atoms in total. The molecule has 0 bridgehead atoms. The van der Waals surface area contributed by atoms with Crippen LogP contribution in [0.4, 0.5) is 11.5 Å². The molecule has 4 atom stereocenters. The number of hydrogen-bond donors (Lipinski definition) is 5. The average Bonchev–Trinajstić information content (AvgIpc) is 3.18. The van der Waals surface area contributed by atoms with Crippen molar-refractivity contribution < 1.29 is 15.5 Å². The number of anilines is 1. The van der Waals surface area contributed by atoms with Crippen molar-refractivity contribution in [2.24, 2.45) is 0 Å². The van der Waals surface area contributed by atoms with Crippen LogP contribution in [0.15, 0.2) is 41.7 Å². The molecule has 3 heterocycles. The van der Waals surface area contributed by atoms with Gasteiger partial charge in [0.1, 0.15) is 24.3 Å². The monoisotopic (exact) mass is 372 g/mol. The summed E-state index contributed by atoms with van der Waals surface area (Å²) >= 11 is 1.66. The Bertz CT molecular complexity index is 842. The standard InChI is InChI=1S/C18H21N5O2S/c1-9-2-4-10(5-3-9)26-7-12-16(24)17(25)14(23-12)11-6-20-15-13(11)21-8-22-18(15)19/h2-6,8,12,14,16-17,20,23-25H,7H2,1H3,(H2,19,21,22)/p+1/t12-,14+,16?,17-/m1/s1. The highest BCUT2D eigenvalue weighted by Crippen LogP contribution is 2.33. The summed E-state index contributed by atoms with van der Waals surface area (Å²) in [6.07, 6.45) is 1.56. The molecule has 1 aromatic carbocycles. The van der Waals surface area contributed by atoms with Crippen LogP contribution in [0.5, 0.6) is 0 Å². The number of aliphatic hydroxyl groups is 2. The van der Waals surface area contributed by atoms with Crippen molar-refractivity contribution in [3.05, 3.63) is 48.1 Å². The summed E-state index contributed by atoms with van der Waals surface area (Å²) in [6.45, 7) is 2.05. The first kappa shape index (κ1) is 17.4. The van der Waals surface area contributed by atoms with E-state index in [-0.39, 0.29) is 12.1 Å². The zero-order valence-corrected chi connectivity index (χ0v) is 15.1. The van der Waals surface area contributed by atoms with Gasteiger partial charge in [-0.15, -0.1) is 11.8 Å². The number of aryl methyl sites for hydroxylation is 1. The van der Waals surface area contributed by atoms with E-state index in [1.165, 1.54) is 11.9 Å². The number of quaternary nitrogens is 1. The van der Waals surface area contributed by atoms with Gasteiger partial charge in [-0.1, -0.05) is 17.7 Å². The van der Waals surface area contributed by atoms with Gasteiger partial charge in [-0.3, -0.25) is 5.32 Å². The first-order valence-corrected chi connectivity index (χ1v) is 9.50. The number of aromatic nitrogens is 2. The molecule has 136 valence electrons. The summed E-state index contributed by atoms with van der Waals surface area (Å²) in [4.78, 5) is 9.44. The van der Waals surface area contributed by atoms with E-state index in [1.54, 1.807) is 11.8 Å². The molecule has 2 aromatic rings. The van der Waals surface area contributed by atoms with Gasteiger partial charge in [-0.25, -0.2) is 9.97 Å². The molecule has 4 rings (SSSR count). The van der Waals surface area contributed by atoms with E-state index < -0.39 is 12.2 Å². The predicted octanol–water partition coefficient (Wildman–Crippen LogP) is -0.229. The maximum absolute atomic E-state index is 10.6. The molecule has 1 aromatic heterocycles. The summed E-state index contributed by atoms with van der Waals surface area (Å²) in [6, 6.07) is 7.67. The first-order valence-electron chi connectivity index (χ1n) is 8.52. The second-order valence-electron chi connectivity index (χ2n) is 6.67. The van der Waals surface area contributed by atoms with Gasteiger partial charge in [0.2, 0.25) is 5.69 Å². The molecular weight excluding hydrogens is 350 g/mol. The van der Waals surface area contributed by atoms with E-state index in [9.17, 15) is 10.2 Å². The summed E-state index contributed by atoms with van der Waals surface area (Å²) in [5.74, 6) is 1.08. The molecule has 2 aliphatic heterocycles. The Morgan fingerprint density at radius 1 is 1.19 bits per heavy atom. The van der Waals surface area contributed by atoms with Crippen LogP contribution in [0.3, 0.4) is 0 Å². The number of nitrogens with zero attached hydrogens (tertiary/aromatic N) is 2. The summed E-state index contributed by atoms with van der Waals surface area (Å²) in [7, 11) is 0. The van der Waals surface area contributed by atoms with Gasteiger partial charge in [0.25, 0.3) is 0 Å². The molecule has 1 saturated heterocycles. The van der Waals surface area contributed by atoms with E-state index in [0.29, 0.717) is 17.3 Å².